The molecule has 2 aromatic rings. The van der Waals surface area contributed by atoms with Gasteiger partial charge in [0.15, 0.2) is 0 Å². The normalized spacial score (nSPS) is 20.0. The molecule has 6 nitrogen and oxygen atoms in total. The van der Waals surface area contributed by atoms with Crippen LogP contribution in [-0.4, -0.2) is 64.5 Å². The lowest BCUT2D eigenvalue weighted by atomic mass is 9.79. The summed E-state index contributed by atoms with van der Waals surface area (Å²) >= 11 is 0. The zero-order chi connectivity index (χ0) is 21.1. The maximum absolute atomic E-state index is 12.9. The van der Waals surface area contributed by atoms with Crippen LogP contribution < -0.4 is 0 Å². The van der Waals surface area contributed by atoms with Crippen molar-refractivity contribution in [1.82, 2.24) is 14.8 Å². The Kier molecular flexibility index (Phi) is 6.09. The number of aromatic nitrogens is 1. The molecular weight excluding hydrogens is 366 g/mol. The van der Waals surface area contributed by atoms with E-state index in [2.05, 4.69) is 67.7 Å². The number of carboxylic acids is 1. The van der Waals surface area contributed by atoms with E-state index in [4.69, 9.17) is 9.90 Å². The van der Waals surface area contributed by atoms with Crippen molar-refractivity contribution < 1.29 is 14.7 Å². The van der Waals surface area contributed by atoms with Gasteiger partial charge < -0.3 is 15.0 Å². The number of aliphatic carboxylic acids is 1. The maximum Gasteiger partial charge on any atom is 0.381 e. The first-order chi connectivity index (χ1) is 13.9. The molecule has 2 atom stereocenters. The highest BCUT2D eigenvalue weighted by Gasteiger charge is 2.36. The zero-order valence-electron chi connectivity index (χ0n) is 17.1. The van der Waals surface area contributed by atoms with E-state index in [0.717, 1.165) is 26.1 Å². The fraction of sp³-hybridized carbons (Fsp3) is 0.391. The topological polar surface area (TPSA) is 76.6 Å². The van der Waals surface area contributed by atoms with Crippen molar-refractivity contribution in [2.75, 3.05) is 26.7 Å². The third-order valence-corrected chi connectivity index (χ3v) is 5.78. The summed E-state index contributed by atoms with van der Waals surface area (Å²) < 4.78 is 0. The molecule has 0 spiro atoms. The number of amides is 1. The van der Waals surface area contributed by atoms with Gasteiger partial charge in [0.05, 0.1) is 5.92 Å². The minimum atomic E-state index is -1.22. The Morgan fingerprint density at radius 2 is 2.03 bits per heavy atom. The molecule has 2 N–H and O–H groups in total. The summed E-state index contributed by atoms with van der Waals surface area (Å²) in [6.45, 7) is 6.47. The Hall–Kier alpha value is -3.04. The average molecular weight is 393 g/mol. The Morgan fingerprint density at radius 3 is 2.66 bits per heavy atom. The molecule has 152 valence electrons. The van der Waals surface area contributed by atoms with Crippen molar-refractivity contribution in [2.24, 2.45) is 5.92 Å². The molecule has 6 heteroatoms. The Bertz CT molecular complexity index is 994. The van der Waals surface area contributed by atoms with Crippen LogP contribution in [0.4, 0.5) is 0 Å². The lowest BCUT2D eigenvalue weighted by Gasteiger charge is -2.40. The standard InChI is InChI=1S/C20H25N3O.C3H2O2/c1-4-23(5-2)20(24)14-9-16-15-7-6-8-17-19(15)13(11-21-17)10-18(16)22(3)12-14;1-2-3(4)5/h6-9,11,14,18,21H,4-5,10,12H2,1-3H3;1H,(H,4,5)/t14-,18-;/m1./s1. The first kappa shape index (κ1) is 20.7. The smallest absolute Gasteiger partial charge is 0.381 e. The molecule has 1 aromatic carbocycles. The van der Waals surface area contributed by atoms with Gasteiger partial charge in [-0.25, -0.2) is 4.79 Å². The number of nitrogens with one attached hydrogen (secondary N) is 1. The number of rotatable bonds is 3. The number of carboxylic acid groups (broad SMARTS) is 1. The van der Waals surface area contributed by atoms with Gasteiger partial charge in [-0.1, -0.05) is 18.2 Å². The van der Waals surface area contributed by atoms with Gasteiger partial charge in [-0.05, 0) is 50.1 Å². The number of benzene rings is 1. The van der Waals surface area contributed by atoms with E-state index < -0.39 is 5.97 Å². The Labute approximate surface area is 171 Å². The highest BCUT2D eigenvalue weighted by molar-refractivity contribution is 5.99. The molecule has 0 radical (unpaired) electrons. The quantitative estimate of drug-likeness (QED) is 0.786. The third kappa shape index (κ3) is 3.92. The molecule has 29 heavy (non-hydrogen) atoms. The van der Waals surface area contributed by atoms with E-state index in [1.807, 2.05) is 4.90 Å². The molecule has 2 aliphatic rings. The molecular formula is C23H27N3O3. The summed E-state index contributed by atoms with van der Waals surface area (Å²) in [7, 11) is 2.15. The number of fused-ring (bicyclic) bond motifs is 2. The highest BCUT2D eigenvalue weighted by Crippen LogP contribution is 2.40. The number of hydrogen-bond donors (Lipinski definition) is 2. The van der Waals surface area contributed by atoms with Crippen molar-refractivity contribution in [2.45, 2.75) is 26.3 Å². The van der Waals surface area contributed by atoms with Crippen LogP contribution in [0, 0.1) is 18.3 Å². The highest BCUT2D eigenvalue weighted by atomic mass is 16.4. The van der Waals surface area contributed by atoms with E-state index >= 15 is 0 Å². The van der Waals surface area contributed by atoms with Crippen LogP contribution in [0.2, 0.25) is 0 Å². The number of likely N-dealkylation sites (N-methyl/N-ethyl adjacent to an activating group) is 1. The molecule has 0 saturated carbocycles. The van der Waals surface area contributed by atoms with Crippen molar-refractivity contribution >= 4 is 28.4 Å². The van der Waals surface area contributed by atoms with Gasteiger partial charge in [0.25, 0.3) is 0 Å². The number of H-pyrrole nitrogens is 1. The summed E-state index contributed by atoms with van der Waals surface area (Å²) in [5.74, 6) is 0.437. The van der Waals surface area contributed by atoms with Crippen molar-refractivity contribution in [3.8, 4) is 12.3 Å². The van der Waals surface area contributed by atoms with Gasteiger partial charge in [0.1, 0.15) is 0 Å². The number of nitrogens with zero attached hydrogens (tertiary/aromatic N) is 2. The van der Waals surface area contributed by atoms with Crippen LogP contribution in [0.3, 0.4) is 0 Å². The largest absolute Gasteiger partial charge is 0.472 e. The van der Waals surface area contributed by atoms with E-state index in [0.29, 0.717) is 6.04 Å². The second kappa shape index (κ2) is 8.54. The average Bonchev–Trinajstić information content (AvgIpc) is 3.14. The van der Waals surface area contributed by atoms with Crippen LogP contribution in [0.1, 0.15) is 25.0 Å². The van der Waals surface area contributed by atoms with Crippen LogP contribution in [0.25, 0.3) is 16.5 Å². The monoisotopic (exact) mass is 393 g/mol. The second-order valence-electron chi connectivity index (χ2n) is 7.39. The summed E-state index contributed by atoms with van der Waals surface area (Å²) in [4.78, 5) is 29.7. The minimum Gasteiger partial charge on any atom is -0.472 e. The molecule has 0 unspecified atom stereocenters. The number of aromatic amines is 1. The number of carbonyl (C=O) groups is 2. The predicted molar refractivity (Wildman–Crippen MR) is 114 cm³/mol. The van der Waals surface area contributed by atoms with Crippen LogP contribution in [-0.2, 0) is 16.0 Å². The number of terminal acetylenes is 1. The van der Waals surface area contributed by atoms with Gasteiger partial charge in [0.2, 0.25) is 5.91 Å². The molecule has 2 heterocycles. The van der Waals surface area contributed by atoms with E-state index in [1.165, 1.54) is 33.5 Å². The summed E-state index contributed by atoms with van der Waals surface area (Å²) in [5.41, 5.74) is 5.21. The molecule has 0 saturated heterocycles. The zero-order valence-corrected chi connectivity index (χ0v) is 17.1. The van der Waals surface area contributed by atoms with Crippen molar-refractivity contribution in [1.29, 1.82) is 0 Å². The molecule has 1 aliphatic heterocycles. The molecule has 1 aromatic heterocycles. The molecule has 1 aliphatic carbocycles. The van der Waals surface area contributed by atoms with E-state index in [-0.39, 0.29) is 11.8 Å². The fourth-order valence-electron chi connectivity index (χ4n) is 4.38. The molecule has 0 fully saturated rings. The SMILES string of the molecule is C#CC(=O)O.CCN(CC)C(=O)[C@@H]1C=C2c3cccc4[nH]cc(c34)C[C@H]2N(C)C1. The Balaban J connectivity index is 0.000000431. The van der Waals surface area contributed by atoms with Crippen LogP contribution in [0.5, 0.6) is 0 Å². The molecule has 1 amide bonds. The minimum absolute atomic E-state index is 0.0445. The van der Waals surface area contributed by atoms with Gasteiger partial charge >= 0.3 is 5.97 Å². The fourth-order valence-corrected chi connectivity index (χ4v) is 4.38. The Morgan fingerprint density at radius 1 is 1.34 bits per heavy atom. The van der Waals surface area contributed by atoms with E-state index in [9.17, 15) is 4.79 Å². The van der Waals surface area contributed by atoms with E-state index in [1.54, 1.807) is 0 Å². The summed E-state index contributed by atoms with van der Waals surface area (Å²) in [5, 5.41) is 8.82. The number of carbonyl (C=O) groups excluding carboxylic acids is 1. The first-order valence-electron chi connectivity index (χ1n) is 9.90. The first-order valence-corrected chi connectivity index (χ1v) is 9.90. The van der Waals surface area contributed by atoms with Gasteiger partial charge in [-0.3, -0.25) is 9.69 Å². The van der Waals surface area contributed by atoms with Gasteiger partial charge in [-0.15, -0.1) is 6.42 Å². The van der Waals surface area contributed by atoms with Gasteiger partial charge in [-0.2, -0.15) is 0 Å². The van der Waals surface area contributed by atoms with Crippen LogP contribution >= 0.6 is 0 Å². The van der Waals surface area contributed by atoms with Crippen molar-refractivity contribution in [3.05, 3.63) is 41.6 Å². The lowest BCUT2D eigenvalue weighted by Crippen LogP contribution is -2.47. The molecule has 4 rings (SSSR count). The van der Waals surface area contributed by atoms with Gasteiger partial charge in [0, 0.05) is 48.7 Å². The molecule has 0 bridgehead atoms. The lowest BCUT2D eigenvalue weighted by molar-refractivity contribution is -0.134. The predicted octanol–water partition coefficient (Wildman–Crippen LogP) is 2.61. The van der Waals surface area contributed by atoms with Crippen molar-refractivity contribution in [3.63, 3.8) is 0 Å². The third-order valence-electron chi connectivity index (χ3n) is 5.78. The summed E-state index contributed by atoms with van der Waals surface area (Å²) in [6, 6.07) is 6.82. The summed E-state index contributed by atoms with van der Waals surface area (Å²) in [6.07, 6.45) is 9.73. The van der Waals surface area contributed by atoms with Crippen LogP contribution in [0.15, 0.2) is 30.5 Å². The second-order valence-corrected chi connectivity index (χ2v) is 7.39. The maximum atomic E-state index is 12.9. The number of hydrogen-bond acceptors (Lipinski definition) is 3.